The fraction of sp³-hybridized carbons (Fsp3) is 0.0526. The Labute approximate surface area is 152 Å². The van der Waals surface area contributed by atoms with Gasteiger partial charge < -0.3 is 4.42 Å². The lowest BCUT2D eigenvalue weighted by atomic mass is 10.1. The van der Waals surface area contributed by atoms with Crippen molar-refractivity contribution in [3.8, 4) is 11.3 Å². The molecule has 2 heterocycles. The minimum absolute atomic E-state index is 0.426. The number of benzene rings is 2. The number of para-hydroxylation sites is 2. The van der Waals surface area contributed by atoms with Crippen LogP contribution < -0.4 is 5.43 Å². The highest BCUT2D eigenvalue weighted by molar-refractivity contribution is 5.76. The maximum atomic E-state index is 12.4. The molecule has 0 saturated heterocycles. The van der Waals surface area contributed by atoms with Crippen molar-refractivity contribution in [2.24, 2.45) is 0 Å². The topological polar surface area (TPSA) is 60.1 Å². The number of amides is 1. The van der Waals surface area contributed by atoms with Crippen molar-refractivity contribution in [1.82, 2.24) is 9.66 Å². The Kier molecular flexibility index (Phi) is 5.25. The maximum absolute atomic E-state index is 12.4. The minimum Gasteiger partial charge on any atom is -0.464 e. The first-order valence-electron chi connectivity index (χ1n) is 7.82. The Balaban J connectivity index is 0.000000159. The molecule has 2 aromatic carbocycles. The molecule has 138 valence electrons. The second kappa shape index (κ2) is 7.77. The second-order valence-corrected chi connectivity index (χ2v) is 5.41. The van der Waals surface area contributed by atoms with Gasteiger partial charge in [0.1, 0.15) is 12.1 Å². The predicted molar refractivity (Wildman–Crippen MR) is 94.3 cm³/mol. The number of carbonyl (C=O) groups excluding carboxylic acids is 1. The zero-order valence-corrected chi connectivity index (χ0v) is 13.9. The smallest absolute Gasteiger partial charge is 0.416 e. The fourth-order valence-corrected chi connectivity index (χ4v) is 2.41. The number of nitrogens with one attached hydrogen (secondary N) is 1. The van der Waals surface area contributed by atoms with E-state index >= 15 is 0 Å². The van der Waals surface area contributed by atoms with Crippen LogP contribution in [0.15, 0.2) is 77.7 Å². The molecule has 0 atom stereocenters. The van der Waals surface area contributed by atoms with E-state index in [1.165, 1.54) is 12.3 Å². The average Bonchev–Trinajstić information content (AvgIpc) is 3.33. The van der Waals surface area contributed by atoms with Crippen LogP contribution in [0.3, 0.4) is 0 Å². The molecule has 0 saturated carbocycles. The highest BCUT2D eigenvalue weighted by Crippen LogP contribution is 2.32. The summed E-state index contributed by atoms with van der Waals surface area (Å²) in [5, 5.41) is 0. The molecule has 8 heteroatoms. The van der Waals surface area contributed by atoms with Crippen LogP contribution in [-0.2, 0) is 11.0 Å². The third kappa shape index (κ3) is 4.35. The first-order chi connectivity index (χ1) is 13.0. The van der Waals surface area contributed by atoms with Crippen LogP contribution in [0.25, 0.3) is 22.4 Å². The van der Waals surface area contributed by atoms with E-state index in [1.807, 2.05) is 24.3 Å². The van der Waals surface area contributed by atoms with E-state index in [0.717, 1.165) is 23.2 Å². The molecule has 0 fully saturated rings. The zero-order chi connectivity index (χ0) is 19.3. The number of hydrogen-bond donors (Lipinski definition) is 1. The molecule has 0 radical (unpaired) electrons. The van der Waals surface area contributed by atoms with Crippen LogP contribution in [0.5, 0.6) is 0 Å². The fourth-order valence-electron chi connectivity index (χ4n) is 2.41. The number of fused-ring (bicyclic) bond motifs is 1. The van der Waals surface area contributed by atoms with Crippen LogP contribution in [-0.4, -0.2) is 16.1 Å². The molecule has 0 spiro atoms. The number of imidazole rings is 1. The van der Waals surface area contributed by atoms with Crippen molar-refractivity contribution in [3.63, 3.8) is 0 Å². The molecular formula is C19H14F3N3O2. The summed E-state index contributed by atoms with van der Waals surface area (Å²) in [6, 6.07) is 15.9. The van der Waals surface area contributed by atoms with E-state index in [-0.39, 0.29) is 0 Å². The van der Waals surface area contributed by atoms with Crippen LogP contribution in [0.2, 0.25) is 0 Å². The lowest BCUT2D eigenvalue weighted by Crippen LogP contribution is -2.10. The van der Waals surface area contributed by atoms with Gasteiger partial charge in [0.2, 0.25) is 6.41 Å². The quantitative estimate of drug-likeness (QED) is 0.530. The van der Waals surface area contributed by atoms with Crippen molar-refractivity contribution in [2.75, 3.05) is 5.43 Å². The SMILES string of the molecule is FC(F)(F)c1cccc(-c2ccco2)c1.O=CNn1cnc2ccccc21. The number of aromatic nitrogens is 2. The number of hydrogen-bond acceptors (Lipinski definition) is 3. The summed E-state index contributed by atoms with van der Waals surface area (Å²) >= 11 is 0. The Morgan fingerprint density at radius 3 is 2.56 bits per heavy atom. The van der Waals surface area contributed by atoms with Crippen LogP contribution in [0.4, 0.5) is 13.2 Å². The van der Waals surface area contributed by atoms with Gasteiger partial charge >= 0.3 is 6.18 Å². The largest absolute Gasteiger partial charge is 0.464 e. The van der Waals surface area contributed by atoms with Crippen molar-refractivity contribution >= 4 is 17.4 Å². The monoisotopic (exact) mass is 373 g/mol. The third-order valence-corrected chi connectivity index (χ3v) is 3.64. The van der Waals surface area contributed by atoms with Crippen LogP contribution >= 0.6 is 0 Å². The summed E-state index contributed by atoms with van der Waals surface area (Å²) in [5.41, 5.74) is 4.02. The molecule has 0 bridgehead atoms. The van der Waals surface area contributed by atoms with Gasteiger partial charge in [0.05, 0.1) is 22.9 Å². The van der Waals surface area contributed by atoms with Gasteiger partial charge in [-0.05, 0) is 36.4 Å². The number of rotatable bonds is 3. The Morgan fingerprint density at radius 2 is 1.85 bits per heavy atom. The first-order valence-corrected chi connectivity index (χ1v) is 7.82. The van der Waals surface area contributed by atoms with Crippen LogP contribution in [0.1, 0.15) is 5.56 Å². The van der Waals surface area contributed by atoms with Gasteiger partial charge in [0, 0.05) is 5.56 Å². The van der Waals surface area contributed by atoms with E-state index in [1.54, 1.807) is 29.2 Å². The molecule has 0 aliphatic carbocycles. The lowest BCUT2D eigenvalue weighted by Gasteiger charge is -2.07. The number of nitrogens with zero attached hydrogens (tertiary/aromatic N) is 2. The van der Waals surface area contributed by atoms with E-state index in [2.05, 4.69) is 10.4 Å². The van der Waals surface area contributed by atoms with E-state index in [0.29, 0.717) is 17.7 Å². The molecular weight excluding hydrogens is 359 g/mol. The summed E-state index contributed by atoms with van der Waals surface area (Å²) in [7, 11) is 0. The van der Waals surface area contributed by atoms with Crippen molar-refractivity contribution in [3.05, 3.63) is 78.8 Å². The first kappa shape index (κ1) is 18.2. The normalized spacial score (nSPS) is 10.9. The molecule has 5 nitrogen and oxygen atoms in total. The minimum atomic E-state index is -4.32. The van der Waals surface area contributed by atoms with Crippen molar-refractivity contribution in [2.45, 2.75) is 6.18 Å². The molecule has 1 N–H and O–H groups in total. The van der Waals surface area contributed by atoms with Crippen molar-refractivity contribution < 1.29 is 22.4 Å². The van der Waals surface area contributed by atoms with Gasteiger partial charge in [-0.15, -0.1) is 0 Å². The Bertz CT molecular complexity index is 1020. The highest BCUT2D eigenvalue weighted by Gasteiger charge is 2.30. The zero-order valence-electron chi connectivity index (χ0n) is 13.9. The van der Waals surface area contributed by atoms with Gasteiger partial charge in [0.15, 0.2) is 0 Å². The van der Waals surface area contributed by atoms with Gasteiger partial charge in [-0.25, -0.2) is 9.66 Å². The third-order valence-electron chi connectivity index (χ3n) is 3.64. The molecule has 4 rings (SSSR count). The number of furan rings is 1. The predicted octanol–water partition coefficient (Wildman–Crippen LogP) is 4.70. The van der Waals surface area contributed by atoms with Gasteiger partial charge in [0.25, 0.3) is 0 Å². The second-order valence-electron chi connectivity index (χ2n) is 5.41. The maximum Gasteiger partial charge on any atom is 0.416 e. The molecule has 2 aromatic heterocycles. The summed E-state index contributed by atoms with van der Waals surface area (Å²) < 4.78 is 43.7. The Hall–Kier alpha value is -3.55. The van der Waals surface area contributed by atoms with Crippen LogP contribution in [0, 0.1) is 0 Å². The summed E-state index contributed by atoms with van der Waals surface area (Å²) in [4.78, 5) is 14.2. The molecule has 27 heavy (non-hydrogen) atoms. The number of carbonyl (C=O) groups is 1. The molecule has 4 aromatic rings. The average molecular weight is 373 g/mol. The number of alkyl halides is 3. The van der Waals surface area contributed by atoms with Gasteiger partial charge in [-0.3, -0.25) is 10.2 Å². The molecule has 0 aliphatic heterocycles. The standard InChI is InChI=1S/C11H7F3O.C8H7N3O/c12-11(13,14)9-4-1-3-8(7-9)10-5-2-6-15-10;12-6-10-11-5-9-7-3-1-2-4-8(7)11/h1-7H;1-6H,(H,10,12). The highest BCUT2D eigenvalue weighted by atomic mass is 19.4. The molecule has 0 unspecified atom stereocenters. The Morgan fingerprint density at radius 1 is 1.04 bits per heavy atom. The van der Waals surface area contributed by atoms with Gasteiger partial charge in [-0.1, -0.05) is 24.3 Å². The van der Waals surface area contributed by atoms with E-state index in [4.69, 9.17) is 4.42 Å². The van der Waals surface area contributed by atoms with E-state index < -0.39 is 11.7 Å². The van der Waals surface area contributed by atoms with Crippen molar-refractivity contribution in [1.29, 1.82) is 0 Å². The summed E-state index contributed by atoms with van der Waals surface area (Å²) in [5.74, 6) is 0.432. The van der Waals surface area contributed by atoms with Gasteiger partial charge in [-0.2, -0.15) is 13.2 Å². The van der Waals surface area contributed by atoms with E-state index in [9.17, 15) is 18.0 Å². The molecule has 0 aliphatic rings. The number of halogens is 3. The lowest BCUT2D eigenvalue weighted by molar-refractivity contribution is -0.137. The molecule has 1 amide bonds. The summed E-state index contributed by atoms with van der Waals surface area (Å²) in [6.07, 6.45) is -0.703. The summed E-state index contributed by atoms with van der Waals surface area (Å²) in [6.45, 7) is 0.